The topological polar surface area (TPSA) is 44.3 Å². The number of hydrogen-bond donors (Lipinski definition) is 3. The summed E-state index contributed by atoms with van der Waals surface area (Å²) < 4.78 is 0. The Morgan fingerprint density at radius 3 is 2.73 bits per heavy atom. The number of aliphatic hydroxyl groups excluding tert-OH is 1. The number of piperidine rings is 1. The molecule has 0 amide bonds. The van der Waals surface area contributed by atoms with Gasteiger partial charge >= 0.3 is 0 Å². The first kappa shape index (κ1) is 11.4. The van der Waals surface area contributed by atoms with Crippen LogP contribution in [0.2, 0.25) is 0 Å². The van der Waals surface area contributed by atoms with E-state index >= 15 is 0 Å². The summed E-state index contributed by atoms with van der Waals surface area (Å²) in [6, 6.07) is 0. The Labute approximate surface area is 92.6 Å². The SMILES string of the molecule is OC1CCCC1CNCC1CCCNC1. The predicted octanol–water partition coefficient (Wildman–Crippen LogP) is 0.737. The minimum atomic E-state index is -0.0398. The van der Waals surface area contributed by atoms with Gasteiger partial charge in [-0.05, 0) is 57.2 Å². The number of hydrogen-bond acceptors (Lipinski definition) is 3. The van der Waals surface area contributed by atoms with Crippen molar-refractivity contribution in [2.45, 2.75) is 38.2 Å². The summed E-state index contributed by atoms with van der Waals surface area (Å²) >= 11 is 0. The van der Waals surface area contributed by atoms with Crippen molar-refractivity contribution in [2.24, 2.45) is 11.8 Å². The number of rotatable bonds is 4. The summed E-state index contributed by atoms with van der Waals surface area (Å²) in [7, 11) is 0. The molecule has 1 saturated heterocycles. The van der Waals surface area contributed by atoms with Crippen LogP contribution in [0.1, 0.15) is 32.1 Å². The first-order chi connectivity index (χ1) is 7.36. The van der Waals surface area contributed by atoms with Gasteiger partial charge in [-0.25, -0.2) is 0 Å². The molecule has 2 aliphatic rings. The first-order valence-electron chi connectivity index (χ1n) is 6.46. The molecule has 0 aromatic rings. The van der Waals surface area contributed by atoms with Gasteiger partial charge in [0.25, 0.3) is 0 Å². The fraction of sp³-hybridized carbons (Fsp3) is 1.00. The minimum Gasteiger partial charge on any atom is -0.393 e. The van der Waals surface area contributed by atoms with Crippen LogP contribution in [-0.2, 0) is 0 Å². The fourth-order valence-corrected chi connectivity index (χ4v) is 2.83. The van der Waals surface area contributed by atoms with Crippen molar-refractivity contribution in [3.8, 4) is 0 Å². The van der Waals surface area contributed by atoms with E-state index in [0.29, 0.717) is 5.92 Å². The molecule has 3 N–H and O–H groups in total. The molecule has 0 radical (unpaired) electrons. The zero-order valence-corrected chi connectivity index (χ0v) is 9.54. The second kappa shape index (κ2) is 5.83. The number of nitrogens with one attached hydrogen (secondary N) is 2. The van der Waals surface area contributed by atoms with Gasteiger partial charge in [-0.3, -0.25) is 0 Å². The van der Waals surface area contributed by atoms with Crippen molar-refractivity contribution in [3.05, 3.63) is 0 Å². The summed E-state index contributed by atoms with van der Waals surface area (Å²) in [6.07, 6.45) is 6.06. The van der Waals surface area contributed by atoms with Gasteiger partial charge in [0.05, 0.1) is 6.10 Å². The van der Waals surface area contributed by atoms with Crippen molar-refractivity contribution in [1.82, 2.24) is 10.6 Å². The third-order valence-electron chi connectivity index (χ3n) is 3.86. The average molecular weight is 212 g/mol. The minimum absolute atomic E-state index is 0.0398. The van der Waals surface area contributed by atoms with Crippen LogP contribution in [0.3, 0.4) is 0 Å². The highest BCUT2D eigenvalue weighted by Crippen LogP contribution is 2.24. The fourth-order valence-electron chi connectivity index (χ4n) is 2.83. The molecule has 1 aliphatic heterocycles. The van der Waals surface area contributed by atoms with E-state index in [1.807, 2.05) is 0 Å². The Kier molecular flexibility index (Phi) is 4.42. The van der Waals surface area contributed by atoms with Gasteiger partial charge in [0.2, 0.25) is 0 Å². The third kappa shape index (κ3) is 3.44. The van der Waals surface area contributed by atoms with Crippen molar-refractivity contribution < 1.29 is 5.11 Å². The largest absolute Gasteiger partial charge is 0.393 e. The van der Waals surface area contributed by atoms with Crippen LogP contribution in [0.4, 0.5) is 0 Å². The number of aliphatic hydroxyl groups is 1. The van der Waals surface area contributed by atoms with Crippen molar-refractivity contribution in [2.75, 3.05) is 26.2 Å². The van der Waals surface area contributed by atoms with Crippen molar-refractivity contribution >= 4 is 0 Å². The Hall–Kier alpha value is -0.120. The van der Waals surface area contributed by atoms with Crippen molar-refractivity contribution in [1.29, 1.82) is 0 Å². The lowest BCUT2D eigenvalue weighted by molar-refractivity contribution is 0.130. The van der Waals surface area contributed by atoms with E-state index in [1.54, 1.807) is 0 Å². The van der Waals surface area contributed by atoms with Crippen LogP contribution in [0, 0.1) is 11.8 Å². The smallest absolute Gasteiger partial charge is 0.0580 e. The van der Waals surface area contributed by atoms with Gasteiger partial charge < -0.3 is 15.7 Å². The maximum Gasteiger partial charge on any atom is 0.0580 e. The summed E-state index contributed by atoms with van der Waals surface area (Å²) in [5.41, 5.74) is 0. The molecular formula is C12H24N2O. The second-order valence-corrected chi connectivity index (χ2v) is 5.13. The Morgan fingerprint density at radius 2 is 2.07 bits per heavy atom. The van der Waals surface area contributed by atoms with E-state index in [-0.39, 0.29) is 6.10 Å². The lowest BCUT2D eigenvalue weighted by Gasteiger charge is -2.24. The highest BCUT2D eigenvalue weighted by atomic mass is 16.3. The van der Waals surface area contributed by atoms with E-state index in [0.717, 1.165) is 25.4 Å². The predicted molar refractivity (Wildman–Crippen MR) is 61.8 cm³/mol. The van der Waals surface area contributed by atoms with Gasteiger partial charge in [-0.2, -0.15) is 0 Å². The summed E-state index contributed by atoms with van der Waals surface area (Å²) in [5, 5.41) is 16.6. The molecule has 1 heterocycles. The van der Waals surface area contributed by atoms with Crippen LogP contribution in [-0.4, -0.2) is 37.4 Å². The Balaban J connectivity index is 1.57. The molecule has 1 aliphatic carbocycles. The molecule has 3 unspecified atom stereocenters. The van der Waals surface area contributed by atoms with Gasteiger partial charge in [-0.1, -0.05) is 6.42 Å². The average Bonchev–Trinajstić information content (AvgIpc) is 2.66. The molecular weight excluding hydrogens is 188 g/mol. The molecule has 0 spiro atoms. The Bertz CT molecular complexity index is 180. The van der Waals surface area contributed by atoms with E-state index in [9.17, 15) is 5.11 Å². The normalized spacial score (nSPS) is 37.0. The van der Waals surface area contributed by atoms with Crippen LogP contribution in [0.25, 0.3) is 0 Å². The van der Waals surface area contributed by atoms with Crippen LogP contribution in [0.15, 0.2) is 0 Å². The lowest BCUT2D eigenvalue weighted by atomic mass is 9.99. The maximum atomic E-state index is 9.67. The van der Waals surface area contributed by atoms with Crippen LogP contribution < -0.4 is 10.6 Å². The summed E-state index contributed by atoms with van der Waals surface area (Å²) in [5.74, 6) is 1.32. The van der Waals surface area contributed by atoms with Gasteiger partial charge in [0.1, 0.15) is 0 Å². The molecule has 0 aromatic carbocycles. The molecule has 0 bridgehead atoms. The quantitative estimate of drug-likeness (QED) is 0.644. The first-order valence-corrected chi connectivity index (χ1v) is 6.46. The van der Waals surface area contributed by atoms with E-state index < -0.39 is 0 Å². The molecule has 2 rings (SSSR count). The lowest BCUT2D eigenvalue weighted by Crippen LogP contribution is -2.38. The zero-order valence-electron chi connectivity index (χ0n) is 9.54. The van der Waals surface area contributed by atoms with Gasteiger partial charge in [0.15, 0.2) is 0 Å². The Morgan fingerprint density at radius 1 is 1.13 bits per heavy atom. The maximum absolute atomic E-state index is 9.67. The molecule has 0 aromatic heterocycles. The summed E-state index contributed by atoms with van der Waals surface area (Å²) in [6.45, 7) is 4.49. The summed E-state index contributed by atoms with van der Waals surface area (Å²) in [4.78, 5) is 0. The highest BCUT2D eigenvalue weighted by Gasteiger charge is 2.24. The second-order valence-electron chi connectivity index (χ2n) is 5.13. The molecule has 1 saturated carbocycles. The highest BCUT2D eigenvalue weighted by molar-refractivity contribution is 4.79. The molecule has 2 fully saturated rings. The zero-order chi connectivity index (χ0) is 10.5. The molecule has 88 valence electrons. The molecule has 3 atom stereocenters. The van der Waals surface area contributed by atoms with E-state index in [1.165, 1.54) is 38.8 Å². The van der Waals surface area contributed by atoms with E-state index in [2.05, 4.69) is 10.6 Å². The van der Waals surface area contributed by atoms with Gasteiger partial charge in [-0.15, -0.1) is 0 Å². The third-order valence-corrected chi connectivity index (χ3v) is 3.86. The van der Waals surface area contributed by atoms with Gasteiger partial charge in [0, 0.05) is 6.54 Å². The van der Waals surface area contributed by atoms with Crippen molar-refractivity contribution in [3.63, 3.8) is 0 Å². The standard InChI is InChI=1S/C12H24N2O/c15-12-5-1-4-11(12)9-14-8-10-3-2-6-13-7-10/h10-15H,1-9H2. The van der Waals surface area contributed by atoms with Crippen LogP contribution >= 0.6 is 0 Å². The van der Waals surface area contributed by atoms with E-state index in [4.69, 9.17) is 0 Å². The monoisotopic (exact) mass is 212 g/mol. The molecule has 15 heavy (non-hydrogen) atoms. The molecule has 3 nitrogen and oxygen atoms in total. The van der Waals surface area contributed by atoms with Crippen LogP contribution in [0.5, 0.6) is 0 Å². The molecule has 3 heteroatoms.